The largest absolute Gasteiger partial charge is 0.315 e. The fraction of sp³-hybridized carbons (Fsp3) is 0.381. The molecule has 0 spiro atoms. The van der Waals surface area contributed by atoms with Gasteiger partial charge < -0.3 is 5.32 Å². The van der Waals surface area contributed by atoms with Crippen LogP contribution in [0, 0.1) is 6.92 Å². The highest BCUT2D eigenvalue weighted by Gasteiger charge is 2.19. The van der Waals surface area contributed by atoms with Crippen LogP contribution in [0.5, 0.6) is 0 Å². The number of hydrogen-bond acceptors (Lipinski definition) is 6. The van der Waals surface area contributed by atoms with Crippen molar-refractivity contribution in [2.45, 2.75) is 45.7 Å². The third kappa shape index (κ3) is 4.51. The first-order chi connectivity index (χ1) is 13.2. The molecular weight excluding hydrogens is 354 g/mol. The van der Waals surface area contributed by atoms with Crippen LogP contribution in [-0.4, -0.2) is 32.7 Å². The van der Waals surface area contributed by atoms with Gasteiger partial charge in [-0.3, -0.25) is 4.90 Å². The van der Waals surface area contributed by atoms with Gasteiger partial charge in [0.05, 0.1) is 5.69 Å². The predicted molar refractivity (Wildman–Crippen MR) is 111 cm³/mol. The molecule has 2 aromatic heterocycles. The van der Waals surface area contributed by atoms with Gasteiger partial charge in [0.15, 0.2) is 10.9 Å². The van der Waals surface area contributed by atoms with Gasteiger partial charge in [-0.05, 0) is 45.4 Å². The first kappa shape index (κ1) is 18.1. The quantitative estimate of drug-likeness (QED) is 0.674. The fourth-order valence-corrected chi connectivity index (χ4v) is 4.26. The maximum Gasteiger partial charge on any atom is 0.188 e. The van der Waals surface area contributed by atoms with Crippen LogP contribution in [0.15, 0.2) is 42.6 Å². The van der Waals surface area contributed by atoms with Crippen molar-refractivity contribution in [2.24, 2.45) is 0 Å². The lowest BCUT2D eigenvalue weighted by molar-refractivity contribution is 0.154. The highest BCUT2D eigenvalue weighted by atomic mass is 32.1. The lowest BCUT2D eigenvalue weighted by Gasteiger charge is -2.32. The molecule has 1 aromatic carbocycles. The van der Waals surface area contributed by atoms with Gasteiger partial charge in [-0.25, -0.2) is 4.98 Å². The van der Waals surface area contributed by atoms with Gasteiger partial charge in [-0.2, -0.15) is 0 Å². The molecule has 1 aliphatic heterocycles. The molecule has 1 N–H and O–H groups in total. The smallest absolute Gasteiger partial charge is 0.188 e. The molecule has 3 heterocycles. The number of thiazole rings is 1. The number of hydrogen-bond donors (Lipinski definition) is 1. The monoisotopic (exact) mass is 379 g/mol. The summed E-state index contributed by atoms with van der Waals surface area (Å²) in [5.74, 6) is 0.720. The maximum atomic E-state index is 4.51. The number of benzene rings is 1. The van der Waals surface area contributed by atoms with E-state index in [-0.39, 0.29) is 0 Å². The van der Waals surface area contributed by atoms with Gasteiger partial charge in [-0.15, -0.1) is 21.5 Å². The third-order valence-electron chi connectivity index (χ3n) is 5.10. The van der Waals surface area contributed by atoms with E-state index in [2.05, 4.69) is 63.5 Å². The Morgan fingerprint density at radius 1 is 1.11 bits per heavy atom. The lowest BCUT2D eigenvalue weighted by atomic mass is 10.0. The van der Waals surface area contributed by atoms with Crippen LogP contribution in [0.2, 0.25) is 0 Å². The molecule has 1 saturated heterocycles. The van der Waals surface area contributed by atoms with Crippen molar-refractivity contribution in [2.75, 3.05) is 11.9 Å². The summed E-state index contributed by atoms with van der Waals surface area (Å²) >= 11 is 1.69. The average molecular weight is 380 g/mol. The zero-order chi connectivity index (χ0) is 18.6. The summed E-state index contributed by atoms with van der Waals surface area (Å²) < 4.78 is 0. The van der Waals surface area contributed by atoms with E-state index in [0.29, 0.717) is 6.04 Å². The number of piperidine rings is 1. The van der Waals surface area contributed by atoms with Crippen LogP contribution in [0.3, 0.4) is 0 Å². The van der Waals surface area contributed by atoms with E-state index in [0.717, 1.165) is 28.8 Å². The minimum Gasteiger partial charge on any atom is -0.315 e. The number of likely N-dealkylation sites (tertiary alicyclic amines) is 1. The first-order valence-corrected chi connectivity index (χ1v) is 10.4. The zero-order valence-corrected chi connectivity index (χ0v) is 16.7. The van der Waals surface area contributed by atoms with E-state index in [1.165, 1.54) is 36.2 Å². The van der Waals surface area contributed by atoms with E-state index < -0.39 is 0 Å². The van der Waals surface area contributed by atoms with Crippen molar-refractivity contribution in [1.82, 2.24) is 20.1 Å². The van der Waals surface area contributed by atoms with Crippen LogP contribution < -0.4 is 5.32 Å². The number of nitrogens with one attached hydrogen (secondary N) is 1. The Labute approximate surface area is 164 Å². The topological polar surface area (TPSA) is 53.9 Å². The second kappa shape index (κ2) is 8.15. The van der Waals surface area contributed by atoms with Crippen LogP contribution in [0.1, 0.15) is 36.6 Å². The van der Waals surface area contributed by atoms with Crippen molar-refractivity contribution < 1.29 is 0 Å². The number of nitrogens with zero attached hydrogens (tertiary/aromatic N) is 4. The zero-order valence-electron chi connectivity index (χ0n) is 15.9. The fourth-order valence-electron chi connectivity index (χ4n) is 3.42. The molecule has 3 aromatic rings. The van der Waals surface area contributed by atoms with Gasteiger partial charge in [0.1, 0.15) is 0 Å². The predicted octanol–water partition coefficient (Wildman–Crippen LogP) is 5.03. The van der Waals surface area contributed by atoms with E-state index in [1.54, 1.807) is 11.3 Å². The molecule has 4 rings (SSSR count). The van der Waals surface area contributed by atoms with Crippen LogP contribution in [-0.2, 0) is 6.54 Å². The second-order valence-corrected chi connectivity index (χ2v) is 8.36. The molecule has 1 aliphatic rings. The van der Waals surface area contributed by atoms with E-state index >= 15 is 0 Å². The molecule has 27 heavy (non-hydrogen) atoms. The van der Waals surface area contributed by atoms with Crippen molar-refractivity contribution in [3.8, 4) is 11.3 Å². The Balaban J connectivity index is 1.39. The van der Waals surface area contributed by atoms with Crippen LogP contribution in [0.25, 0.3) is 11.3 Å². The molecule has 0 radical (unpaired) electrons. The molecule has 1 unspecified atom stereocenters. The Hall–Kier alpha value is -2.31. The van der Waals surface area contributed by atoms with E-state index in [4.69, 9.17) is 0 Å². The number of rotatable bonds is 5. The Morgan fingerprint density at radius 2 is 1.96 bits per heavy atom. The van der Waals surface area contributed by atoms with Gasteiger partial charge in [-0.1, -0.05) is 36.2 Å². The summed E-state index contributed by atoms with van der Waals surface area (Å²) in [7, 11) is 0. The summed E-state index contributed by atoms with van der Waals surface area (Å²) in [5.41, 5.74) is 3.19. The van der Waals surface area contributed by atoms with Crippen LogP contribution in [0.4, 0.5) is 10.9 Å². The Bertz CT molecular complexity index is 872. The molecule has 5 nitrogen and oxygen atoms in total. The summed E-state index contributed by atoms with van der Waals surface area (Å²) in [6.45, 7) is 6.58. The van der Waals surface area contributed by atoms with E-state index in [9.17, 15) is 0 Å². The molecule has 1 atom stereocenters. The highest BCUT2D eigenvalue weighted by Crippen LogP contribution is 2.26. The van der Waals surface area contributed by atoms with Gasteiger partial charge in [0.2, 0.25) is 0 Å². The van der Waals surface area contributed by atoms with Gasteiger partial charge in [0, 0.05) is 29.2 Å². The second-order valence-electron chi connectivity index (χ2n) is 7.24. The normalized spacial score (nSPS) is 17.8. The number of aromatic nitrogens is 3. The van der Waals surface area contributed by atoms with Crippen molar-refractivity contribution in [1.29, 1.82) is 0 Å². The maximum absolute atomic E-state index is 4.51. The van der Waals surface area contributed by atoms with Gasteiger partial charge >= 0.3 is 0 Å². The number of aryl methyl sites for hydroxylation is 1. The molecular formula is C21H25N5S. The van der Waals surface area contributed by atoms with Gasteiger partial charge in [0.25, 0.3) is 0 Å². The molecule has 0 saturated carbocycles. The van der Waals surface area contributed by atoms with Crippen molar-refractivity contribution >= 4 is 22.3 Å². The van der Waals surface area contributed by atoms with Crippen molar-refractivity contribution in [3.63, 3.8) is 0 Å². The SMILES string of the molecule is Cc1ccc(-c2ccc(Nc3ncc(CN4CCCCC4C)s3)nn2)cc1. The Kier molecular flexibility index (Phi) is 5.45. The molecule has 1 fully saturated rings. The minimum absolute atomic E-state index is 0.664. The molecule has 0 aliphatic carbocycles. The summed E-state index contributed by atoms with van der Waals surface area (Å²) in [4.78, 5) is 8.35. The summed E-state index contributed by atoms with van der Waals surface area (Å²) in [6.07, 6.45) is 5.93. The highest BCUT2D eigenvalue weighted by molar-refractivity contribution is 7.15. The number of anilines is 2. The summed E-state index contributed by atoms with van der Waals surface area (Å²) in [6, 6.07) is 12.9. The van der Waals surface area contributed by atoms with Crippen LogP contribution >= 0.6 is 11.3 Å². The molecule has 0 bridgehead atoms. The van der Waals surface area contributed by atoms with Crippen molar-refractivity contribution in [3.05, 3.63) is 53.0 Å². The third-order valence-corrected chi connectivity index (χ3v) is 6.00. The molecule has 6 heteroatoms. The molecule has 140 valence electrons. The average Bonchev–Trinajstić information content (AvgIpc) is 3.12. The minimum atomic E-state index is 0.664. The summed E-state index contributed by atoms with van der Waals surface area (Å²) in [5, 5.41) is 12.8. The lowest BCUT2D eigenvalue weighted by Crippen LogP contribution is -2.36. The van der Waals surface area contributed by atoms with E-state index in [1.807, 2.05) is 18.3 Å². The molecule has 0 amide bonds. The standard InChI is InChI=1S/C21H25N5S/c1-15-6-8-17(9-7-15)19-10-11-20(25-24-19)23-21-22-13-18(27-21)14-26-12-4-3-5-16(26)2/h6-11,13,16H,3-5,12,14H2,1-2H3,(H,22,23,25). The Morgan fingerprint density at radius 3 is 2.70 bits per heavy atom. The first-order valence-electron chi connectivity index (χ1n) is 9.54.